The highest BCUT2D eigenvalue weighted by molar-refractivity contribution is 5.82. The Hall–Kier alpha value is -0.450. The van der Waals surface area contributed by atoms with Gasteiger partial charge in [-0.25, -0.2) is 0 Å². The van der Waals surface area contributed by atoms with Crippen LogP contribution >= 0.6 is 0 Å². The molecule has 0 bridgehead atoms. The van der Waals surface area contributed by atoms with E-state index in [0.717, 1.165) is 0 Å². The van der Waals surface area contributed by atoms with Crippen molar-refractivity contribution in [2.24, 2.45) is 5.41 Å². The van der Waals surface area contributed by atoms with Crippen LogP contribution in [0, 0.1) is 5.41 Å². The fourth-order valence-electron chi connectivity index (χ4n) is 0.868. The lowest BCUT2D eigenvalue weighted by molar-refractivity contribution is -0.146. The average molecular weight is 190 g/mol. The van der Waals surface area contributed by atoms with E-state index in [1.54, 1.807) is 6.92 Å². The zero-order valence-corrected chi connectivity index (χ0v) is 8.66. The van der Waals surface area contributed by atoms with E-state index in [1.807, 2.05) is 0 Å². The second kappa shape index (κ2) is 5.32. The van der Waals surface area contributed by atoms with Gasteiger partial charge in [0.05, 0.1) is 18.6 Å². The van der Waals surface area contributed by atoms with Gasteiger partial charge >= 0.3 is 0 Å². The summed E-state index contributed by atoms with van der Waals surface area (Å²) in [5, 5.41) is 8.89. The van der Waals surface area contributed by atoms with Gasteiger partial charge in [0.2, 0.25) is 0 Å². The molecule has 0 aliphatic heterocycles. The molecule has 0 aromatic rings. The molecule has 0 spiro atoms. The standard InChI is InChI=1S/C9H18O4/c1-7(10)9(3,5-12-4)6-13-8(2)11/h8,11H,5-6H2,1-4H3. The zero-order valence-electron chi connectivity index (χ0n) is 8.66. The Kier molecular flexibility index (Phi) is 5.13. The molecule has 13 heavy (non-hydrogen) atoms. The first kappa shape index (κ1) is 12.6. The molecular formula is C9H18O4. The van der Waals surface area contributed by atoms with Crippen molar-refractivity contribution in [2.75, 3.05) is 20.3 Å². The van der Waals surface area contributed by atoms with Crippen molar-refractivity contribution in [1.82, 2.24) is 0 Å². The van der Waals surface area contributed by atoms with E-state index in [4.69, 9.17) is 14.6 Å². The topological polar surface area (TPSA) is 55.8 Å². The SMILES string of the molecule is COCC(C)(COC(C)O)C(C)=O. The molecular weight excluding hydrogens is 172 g/mol. The van der Waals surface area contributed by atoms with Crippen molar-refractivity contribution < 1.29 is 19.4 Å². The van der Waals surface area contributed by atoms with Crippen LogP contribution in [0.3, 0.4) is 0 Å². The van der Waals surface area contributed by atoms with E-state index in [-0.39, 0.29) is 12.4 Å². The molecule has 0 aromatic carbocycles. The summed E-state index contributed by atoms with van der Waals surface area (Å²) in [6.07, 6.45) is -0.851. The minimum absolute atomic E-state index is 0.00463. The molecule has 78 valence electrons. The summed E-state index contributed by atoms with van der Waals surface area (Å²) in [5.41, 5.74) is -0.661. The van der Waals surface area contributed by atoms with Crippen molar-refractivity contribution in [3.63, 3.8) is 0 Å². The van der Waals surface area contributed by atoms with Gasteiger partial charge in [0.15, 0.2) is 6.29 Å². The third-order valence-electron chi connectivity index (χ3n) is 1.96. The second-order valence-electron chi connectivity index (χ2n) is 3.46. The summed E-state index contributed by atoms with van der Waals surface area (Å²) in [6.45, 7) is 5.22. The van der Waals surface area contributed by atoms with Gasteiger partial charge in [0.1, 0.15) is 5.78 Å². The van der Waals surface area contributed by atoms with Gasteiger partial charge in [-0.3, -0.25) is 4.79 Å². The van der Waals surface area contributed by atoms with E-state index in [1.165, 1.54) is 21.0 Å². The second-order valence-corrected chi connectivity index (χ2v) is 3.46. The number of rotatable bonds is 6. The van der Waals surface area contributed by atoms with Crippen LogP contribution in [0.25, 0.3) is 0 Å². The molecule has 0 heterocycles. The summed E-state index contributed by atoms with van der Waals surface area (Å²) >= 11 is 0. The average Bonchev–Trinajstić information content (AvgIpc) is 2.01. The van der Waals surface area contributed by atoms with Crippen LogP contribution in [0.1, 0.15) is 20.8 Å². The van der Waals surface area contributed by atoms with Gasteiger partial charge in [-0.15, -0.1) is 0 Å². The summed E-state index contributed by atoms with van der Waals surface area (Å²) in [5.74, 6) is -0.00463. The van der Waals surface area contributed by atoms with Crippen molar-refractivity contribution in [2.45, 2.75) is 27.1 Å². The predicted octanol–water partition coefficient (Wildman–Crippen LogP) is 0.583. The number of Topliss-reactive ketones (excluding diaryl/α,β-unsaturated/α-hetero) is 1. The van der Waals surface area contributed by atoms with E-state index in [0.29, 0.717) is 6.61 Å². The Labute approximate surface area is 78.8 Å². The van der Waals surface area contributed by atoms with Crippen molar-refractivity contribution >= 4 is 5.78 Å². The molecule has 0 saturated heterocycles. The molecule has 0 aliphatic carbocycles. The van der Waals surface area contributed by atoms with E-state index in [9.17, 15) is 4.79 Å². The van der Waals surface area contributed by atoms with Gasteiger partial charge in [-0.1, -0.05) is 0 Å². The maximum atomic E-state index is 11.2. The quantitative estimate of drug-likeness (QED) is 0.622. The van der Waals surface area contributed by atoms with Crippen molar-refractivity contribution in [3.8, 4) is 0 Å². The van der Waals surface area contributed by atoms with Gasteiger partial charge in [0.25, 0.3) is 0 Å². The first-order valence-corrected chi connectivity index (χ1v) is 4.22. The van der Waals surface area contributed by atoms with Crippen LogP contribution < -0.4 is 0 Å². The normalized spacial score (nSPS) is 17.9. The maximum absolute atomic E-state index is 11.2. The van der Waals surface area contributed by atoms with E-state index >= 15 is 0 Å². The van der Waals surface area contributed by atoms with Gasteiger partial charge in [0, 0.05) is 7.11 Å². The molecule has 2 unspecified atom stereocenters. The van der Waals surface area contributed by atoms with Crippen LogP contribution in [-0.2, 0) is 14.3 Å². The maximum Gasteiger partial charge on any atom is 0.151 e. The van der Waals surface area contributed by atoms with Crippen molar-refractivity contribution in [1.29, 1.82) is 0 Å². The van der Waals surface area contributed by atoms with Crippen LogP contribution in [0.5, 0.6) is 0 Å². The number of carbonyl (C=O) groups excluding carboxylic acids is 1. The van der Waals surface area contributed by atoms with Crippen LogP contribution in [-0.4, -0.2) is 37.5 Å². The number of hydrogen-bond donors (Lipinski definition) is 1. The fraction of sp³-hybridized carbons (Fsp3) is 0.889. The molecule has 1 N–H and O–H groups in total. The Balaban J connectivity index is 4.16. The summed E-state index contributed by atoms with van der Waals surface area (Å²) in [6, 6.07) is 0. The highest BCUT2D eigenvalue weighted by Gasteiger charge is 2.30. The third-order valence-corrected chi connectivity index (χ3v) is 1.96. The Morgan fingerprint density at radius 2 is 2.08 bits per heavy atom. The highest BCUT2D eigenvalue weighted by atomic mass is 16.6. The largest absolute Gasteiger partial charge is 0.384 e. The number of ketones is 1. The smallest absolute Gasteiger partial charge is 0.151 e. The van der Waals surface area contributed by atoms with Crippen LogP contribution in [0.4, 0.5) is 0 Å². The van der Waals surface area contributed by atoms with Gasteiger partial charge in [-0.2, -0.15) is 0 Å². The molecule has 0 rings (SSSR count). The monoisotopic (exact) mass is 190 g/mol. The lowest BCUT2D eigenvalue weighted by atomic mass is 9.88. The number of methoxy groups -OCH3 is 1. The van der Waals surface area contributed by atoms with Crippen molar-refractivity contribution in [3.05, 3.63) is 0 Å². The van der Waals surface area contributed by atoms with Gasteiger partial charge in [-0.05, 0) is 20.8 Å². The number of aliphatic hydroxyl groups excluding tert-OH is 1. The predicted molar refractivity (Wildman–Crippen MR) is 48.3 cm³/mol. The van der Waals surface area contributed by atoms with Crippen LogP contribution in [0.15, 0.2) is 0 Å². The lowest BCUT2D eigenvalue weighted by Crippen LogP contribution is -2.36. The molecule has 4 heteroatoms. The van der Waals surface area contributed by atoms with Crippen LogP contribution in [0.2, 0.25) is 0 Å². The molecule has 0 fully saturated rings. The molecule has 0 radical (unpaired) electrons. The number of carbonyl (C=O) groups is 1. The fourth-order valence-corrected chi connectivity index (χ4v) is 0.868. The molecule has 4 nitrogen and oxygen atoms in total. The lowest BCUT2D eigenvalue weighted by Gasteiger charge is -2.26. The molecule has 0 aromatic heterocycles. The number of hydrogen-bond acceptors (Lipinski definition) is 4. The molecule has 0 amide bonds. The summed E-state index contributed by atoms with van der Waals surface area (Å²) in [7, 11) is 1.53. The zero-order chi connectivity index (χ0) is 10.5. The highest BCUT2D eigenvalue weighted by Crippen LogP contribution is 2.19. The Morgan fingerprint density at radius 3 is 2.38 bits per heavy atom. The molecule has 0 saturated carbocycles. The number of aliphatic hydroxyl groups is 1. The third kappa shape index (κ3) is 4.36. The van der Waals surface area contributed by atoms with E-state index < -0.39 is 11.7 Å². The Bertz CT molecular complexity index is 167. The van der Waals surface area contributed by atoms with E-state index in [2.05, 4.69) is 0 Å². The first-order valence-electron chi connectivity index (χ1n) is 4.22. The summed E-state index contributed by atoms with van der Waals surface area (Å²) < 4.78 is 9.89. The van der Waals surface area contributed by atoms with Gasteiger partial charge < -0.3 is 14.6 Å². The minimum atomic E-state index is -0.851. The molecule has 0 aliphatic rings. The number of ether oxygens (including phenoxy) is 2. The Morgan fingerprint density at radius 1 is 1.54 bits per heavy atom. The first-order chi connectivity index (χ1) is 5.92. The summed E-state index contributed by atoms with van der Waals surface area (Å²) in [4.78, 5) is 11.2. The minimum Gasteiger partial charge on any atom is -0.384 e. The molecule has 2 atom stereocenters.